The SMILES string of the molecule is CN(Cc1cccc2[nH]ccc12)C(=O)Nc1ccc2nc(C(F)F)[nH]c2c1. The van der Waals surface area contributed by atoms with E-state index in [1.165, 1.54) is 0 Å². The lowest BCUT2D eigenvalue weighted by molar-refractivity contribution is 0.142. The van der Waals surface area contributed by atoms with Crippen molar-refractivity contribution < 1.29 is 13.6 Å². The number of hydrogen-bond donors (Lipinski definition) is 3. The van der Waals surface area contributed by atoms with E-state index < -0.39 is 6.43 Å². The zero-order chi connectivity index (χ0) is 19.0. The molecule has 27 heavy (non-hydrogen) atoms. The number of halogens is 2. The Hall–Kier alpha value is -3.42. The fourth-order valence-electron chi connectivity index (χ4n) is 3.05. The molecule has 4 rings (SSSR count). The molecule has 0 aliphatic carbocycles. The van der Waals surface area contributed by atoms with Gasteiger partial charge in [-0.05, 0) is 35.9 Å². The van der Waals surface area contributed by atoms with Gasteiger partial charge in [0.15, 0.2) is 5.82 Å². The van der Waals surface area contributed by atoms with Crippen LogP contribution in [-0.2, 0) is 6.54 Å². The predicted molar refractivity (Wildman–Crippen MR) is 99.8 cm³/mol. The summed E-state index contributed by atoms with van der Waals surface area (Å²) in [5.74, 6) is -0.384. The normalized spacial score (nSPS) is 11.4. The standard InChI is InChI=1S/C19H17F2N5O/c1-26(10-11-3-2-4-14-13(11)7-8-22-14)19(27)23-12-5-6-15-16(9-12)25-18(24-15)17(20)21/h2-9,17,22H,10H2,1H3,(H,23,27)(H,24,25). The minimum absolute atomic E-state index is 0.296. The lowest BCUT2D eigenvalue weighted by atomic mass is 10.1. The van der Waals surface area contributed by atoms with Crippen LogP contribution >= 0.6 is 0 Å². The molecule has 6 nitrogen and oxygen atoms in total. The van der Waals surface area contributed by atoms with Crippen LogP contribution in [0.5, 0.6) is 0 Å². The highest BCUT2D eigenvalue weighted by Crippen LogP contribution is 2.23. The number of imidazole rings is 1. The Morgan fingerprint density at radius 2 is 2.07 bits per heavy atom. The molecular weight excluding hydrogens is 352 g/mol. The molecule has 2 heterocycles. The average Bonchev–Trinajstić information content (AvgIpc) is 3.28. The minimum Gasteiger partial charge on any atom is -0.361 e. The molecule has 0 atom stereocenters. The number of nitrogens with zero attached hydrogens (tertiary/aromatic N) is 2. The predicted octanol–water partition coefficient (Wildman–Crippen LogP) is 4.65. The van der Waals surface area contributed by atoms with Gasteiger partial charge in [-0.3, -0.25) is 0 Å². The molecule has 0 aliphatic rings. The third-order valence-corrected chi connectivity index (χ3v) is 4.40. The van der Waals surface area contributed by atoms with Gasteiger partial charge in [-0.2, -0.15) is 0 Å². The summed E-state index contributed by atoms with van der Waals surface area (Å²) in [5, 5.41) is 3.84. The smallest absolute Gasteiger partial charge is 0.321 e. The lowest BCUT2D eigenvalue weighted by Gasteiger charge is -2.18. The Bertz CT molecular complexity index is 1120. The molecule has 3 N–H and O–H groups in total. The maximum atomic E-state index is 12.7. The molecule has 4 aromatic rings. The van der Waals surface area contributed by atoms with Crippen LogP contribution in [0.2, 0.25) is 0 Å². The summed E-state index contributed by atoms with van der Waals surface area (Å²) < 4.78 is 25.5. The first-order valence-corrected chi connectivity index (χ1v) is 8.36. The molecule has 0 saturated heterocycles. The summed E-state index contributed by atoms with van der Waals surface area (Å²) in [6, 6.07) is 12.4. The number of anilines is 1. The average molecular weight is 369 g/mol. The van der Waals surface area contributed by atoms with Crippen molar-refractivity contribution in [3.8, 4) is 0 Å². The molecule has 0 radical (unpaired) electrons. The number of carbonyl (C=O) groups is 1. The summed E-state index contributed by atoms with van der Waals surface area (Å²) in [5.41, 5.74) is 3.42. The molecule has 0 bridgehead atoms. The number of rotatable bonds is 4. The highest BCUT2D eigenvalue weighted by molar-refractivity contribution is 5.92. The van der Waals surface area contributed by atoms with Crippen molar-refractivity contribution in [2.24, 2.45) is 0 Å². The van der Waals surface area contributed by atoms with Crippen LogP contribution in [-0.4, -0.2) is 32.9 Å². The maximum absolute atomic E-state index is 12.7. The topological polar surface area (TPSA) is 76.8 Å². The van der Waals surface area contributed by atoms with Gasteiger partial charge < -0.3 is 20.2 Å². The van der Waals surface area contributed by atoms with E-state index in [0.717, 1.165) is 16.5 Å². The van der Waals surface area contributed by atoms with Crippen molar-refractivity contribution in [3.05, 3.63) is 60.0 Å². The fourth-order valence-corrected chi connectivity index (χ4v) is 3.05. The van der Waals surface area contributed by atoms with Crippen molar-refractivity contribution in [1.29, 1.82) is 0 Å². The Kier molecular flexibility index (Phi) is 4.23. The number of aromatic amines is 2. The van der Waals surface area contributed by atoms with E-state index in [-0.39, 0.29) is 11.9 Å². The number of carbonyl (C=O) groups excluding carboxylic acids is 1. The minimum atomic E-state index is -2.67. The van der Waals surface area contributed by atoms with Crippen molar-refractivity contribution in [2.75, 3.05) is 12.4 Å². The number of alkyl halides is 2. The second-order valence-electron chi connectivity index (χ2n) is 6.30. The van der Waals surface area contributed by atoms with Gasteiger partial charge in [-0.1, -0.05) is 12.1 Å². The van der Waals surface area contributed by atoms with Crippen molar-refractivity contribution >= 4 is 33.7 Å². The summed E-state index contributed by atoms with van der Waals surface area (Å²) >= 11 is 0. The van der Waals surface area contributed by atoms with Crippen molar-refractivity contribution in [3.63, 3.8) is 0 Å². The molecule has 8 heteroatoms. The maximum Gasteiger partial charge on any atom is 0.321 e. The molecule has 0 spiro atoms. The largest absolute Gasteiger partial charge is 0.361 e. The Morgan fingerprint density at radius 1 is 1.22 bits per heavy atom. The van der Waals surface area contributed by atoms with Gasteiger partial charge >= 0.3 is 6.03 Å². The van der Waals surface area contributed by atoms with Crippen LogP contribution in [0.25, 0.3) is 21.9 Å². The van der Waals surface area contributed by atoms with E-state index in [0.29, 0.717) is 23.3 Å². The molecule has 138 valence electrons. The first-order valence-electron chi connectivity index (χ1n) is 8.36. The Morgan fingerprint density at radius 3 is 2.89 bits per heavy atom. The summed E-state index contributed by atoms with van der Waals surface area (Å²) in [6.45, 7) is 0.433. The van der Waals surface area contributed by atoms with Gasteiger partial charge in [0.25, 0.3) is 6.43 Å². The second-order valence-corrected chi connectivity index (χ2v) is 6.30. The van der Waals surface area contributed by atoms with Crippen molar-refractivity contribution in [1.82, 2.24) is 19.9 Å². The second kappa shape index (κ2) is 6.71. The van der Waals surface area contributed by atoms with Gasteiger partial charge in [-0.15, -0.1) is 0 Å². The first kappa shape index (κ1) is 17.0. The van der Waals surface area contributed by atoms with Gasteiger partial charge in [-0.25, -0.2) is 18.6 Å². The summed E-state index contributed by atoms with van der Waals surface area (Å²) in [7, 11) is 1.70. The molecule has 2 amide bonds. The van der Waals surface area contributed by atoms with Crippen LogP contribution in [0.1, 0.15) is 17.8 Å². The number of urea groups is 1. The van der Waals surface area contributed by atoms with Crippen LogP contribution in [0, 0.1) is 0 Å². The quantitative estimate of drug-likeness (QED) is 0.490. The van der Waals surface area contributed by atoms with E-state index >= 15 is 0 Å². The number of aromatic nitrogens is 3. The number of amides is 2. The highest BCUT2D eigenvalue weighted by Gasteiger charge is 2.15. The van der Waals surface area contributed by atoms with E-state index in [9.17, 15) is 13.6 Å². The molecule has 0 aliphatic heterocycles. The van der Waals surface area contributed by atoms with Crippen LogP contribution in [0.3, 0.4) is 0 Å². The van der Waals surface area contributed by atoms with Crippen LogP contribution in [0.15, 0.2) is 48.7 Å². The molecule has 2 aromatic heterocycles. The number of benzene rings is 2. The molecular formula is C19H17F2N5O. The van der Waals surface area contributed by atoms with Crippen molar-refractivity contribution in [2.45, 2.75) is 13.0 Å². The van der Waals surface area contributed by atoms with Crippen LogP contribution in [0.4, 0.5) is 19.3 Å². The van der Waals surface area contributed by atoms with Gasteiger partial charge in [0, 0.05) is 36.4 Å². The van der Waals surface area contributed by atoms with E-state index in [2.05, 4.69) is 20.3 Å². The molecule has 0 saturated carbocycles. The molecule has 0 unspecified atom stereocenters. The zero-order valence-electron chi connectivity index (χ0n) is 14.5. The van der Waals surface area contributed by atoms with Crippen LogP contribution < -0.4 is 5.32 Å². The van der Waals surface area contributed by atoms with E-state index in [1.54, 1.807) is 30.1 Å². The third-order valence-electron chi connectivity index (χ3n) is 4.40. The highest BCUT2D eigenvalue weighted by atomic mass is 19.3. The van der Waals surface area contributed by atoms with Gasteiger partial charge in [0.2, 0.25) is 0 Å². The summed E-state index contributed by atoms with van der Waals surface area (Å²) in [4.78, 5) is 23.6. The Labute approximate surface area is 153 Å². The number of nitrogens with one attached hydrogen (secondary N) is 3. The molecule has 0 fully saturated rings. The number of hydrogen-bond acceptors (Lipinski definition) is 2. The first-order chi connectivity index (χ1) is 13.0. The van der Waals surface area contributed by atoms with E-state index in [1.807, 2.05) is 30.5 Å². The zero-order valence-corrected chi connectivity index (χ0v) is 14.5. The lowest BCUT2D eigenvalue weighted by Crippen LogP contribution is -2.30. The van der Waals surface area contributed by atoms with Gasteiger partial charge in [0.1, 0.15) is 0 Å². The number of H-pyrrole nitrogens is 2. The summed E-state index contributed by atoms with van der Waals surface area (Å²) in [6.07, 6.45) is -0.806. The van der Waals surface area contributed by atoms with Gasteiger partial charge in [0.05, 0.1) is 11.0 Å². The third kappa shape index (κ3) is 3.33. The fraction of sp³-hybridized carbons (Fsp3) is 0.158. The Balaban J connectivity index is 1.49. The number of fused-ring (bicyclic) bond motifs is 2. The monoisotopic (exact) mass is 369 g/mol. The molecule has 2 aromatic carbocycles. The van der Waals surface area contributed by atoms with E-state index in [4.69, 9.17) is 0 Å².